The number of thiazole rings is 1. The van der Waals surface area contributed by atoms with E-state index in [-0.39, 0.29) is 12.3 Å². The number of anilines is 2. The molecule has 0 saturated heterocycles. The van der Waals surface area contributed by atoms with Crippen molar-refractivity contribution in [1.29, 1.82) is 0 Å². The van der Waals surface area contributed by atoms with E-state index in [2.05, 4.69) is 26.2 Å². The largest absolute Gasteiger partial charge is 0.375 e. The number of nitrogens with one attached hydrogen (secondary N) is 1. The van der Waals surface area contributed by atoms with Gasteiger partial charge in [-0.15, -0.1) is 11.3 Å². The third kappa shape index (κ3) is 3.27. The van der Waals surface area contributed by atoms with Crippen molar-refractivity contribution in [3.8, 4) is 0 Å². The fourth-order valence-corrected chi connectivity index (χ4v) is 2.26. The lowest BCUT2D eigenvalue weighted by molar-refractivity contribution is -0.115. The Balaban J connectivity index is 2.05. The normalized spacial score (nSPS) is 10.3. The first-order valence-electron chi connectivity index (χ1n) is 4.99. The zero-order chi connectivity index (χ0) is 13.1. The molecule has 94 valence electrons. The minimum Gasteiger partial charge on any atom is -0.375 e. The van der Waals surface area contributed by atoms with Crippen LogP contribution in [0.25, 0.3) is 0 Å². The van der Waals surface area contributed by atoms with Crippen molar-refractivity contribution in [2.45, 2.75) is 6.42 Å². The van der Waals surface area contributed by atoms with Gasteiger partial charge in [0, 0.05) is 9.85 Å². The molecule has 7 heteroatoms. The molecule has 2 aromatic rings. The Kier molecular flexibility index (Phi) is 3.93. The van der Waals surface area contributed by atoms with Gasteiger partial charge in [-0.1, -0.05) is 0 Å². The Morgan fingerprint density at radius 1 is 1.56 bits per heavy atom. The first-order valence-corrected chi connectivity index (χ1v) is 6.66. The lowest BCUT2D eigenvalue weighted by atomic mass is 10.3. The average Bonchev–Trinajstić information content (AvgIpc) is 2.69. The van der Waals surface area contributed by atoms with Gasteiger partial charge in [-0.05, 0) is 34.1 Å². The van der Waals surface area contributed by atoms with Gasteiger partial charge in [0.05, 0.1) is 17.8 Å². The van der Waals surface area contributed by atoms with E-state index in [1.807, 2.05) is 0 Å². The van der Waals surface area contributed by atoms with Crippen molar-refractivity contribution in [2.24, 2.45) is 0 Å². The van der Waals surface area contributed by atoms with Crippen LogP contribution in [0, 0.1) is 5.82 Å². The molecule has 3 N–H and O–H groups in total. The first kappa shape index (κ1) is 13.0. The Bertz CT molecular complexity index is 587. The van der Waals surface area contributed by atoms with E-state index in [1.54, 1.807) is 5.38 Å². The third-order valence-corrected chi connectivity index (χ3v) is 3.53. The van der Waals surface area contributed by atoms with Gasteiger partial charge in [-0.25, -0.2) is 9.37 Å². The highest BCUT2D eigenvalue weighted by Crippen LogP contribution is 2.23. The smallest absolute Gasteiger partial charge is 0.230 e. The van der Waals surface area contributed by atoms with Crippen molar-refractivity contribution in [3.05, 3.63) is 39.6 Å². The fourth-order valence-electron chi connectivity index (χ4n) is 1.36. The van der Waals surface area contributed by atoms with E-state index in [4.69, 9.17) is 5.73 Å². The summed E-state index contributed by atoms with van der Waals surface area (Å²) in [5.41, 5.74) is 6.46. The molecular formula is C11H9BrFN3OS. The van der Waals surface area contributed by atoms with Crippen molar-refractivity contribution in [1.82, 2.24) is 4.98 Å². The number of benzene rings is 1. The number of amides is 1. The highest BCUT2D eigenvalue weighted by Gasteiger charge is 2.09. The number of halogens is 2. The summed E-state index contributed by atoms with van der Waals surface area (Å²) in [6.45, 7) is 0. The van der Waals surface area contributed by atoms with Crippen LogP contribution in [-0.2, 0) is 11.2 Å². The number of aromatic nitrogens is 1. The SMILES string of the molecule is Nc1nc(CC(=O)Nc2cc(F)ccc2Br)cs1. The molecule has 0 bridgehead atoms. The van der Waals surface area contributed by atoms with Gasteiger partial charge in [0.1, 0.15) is 5.82 Å². The van der Waals surface area contributed by atoms with E-state index in [1.165, 1.54) is 29.5 Å². The van der Waals surface area contributed by atoms with E-state index in [0.29, 0.717) is 21.0 Å². The summed E-state index contributed by atoms with van der Waals surface area (Å²) in [5, 5.41) is 4.75. The molecule has 18 heavy (non-hydrogen) atoms. The van der Waals surface area contributed by atoms with Crippen LogP contribution >= 0.6 is 27.3 Å². The van der Waals surface area contributed by atoms with E-state index < -0.39 is 5.82 Å². The number of carbonyl (C=O) groups excluding carboxylic acids is 1. The highest BCUT2D eigenvalue weighted by atomic mass is 79.9. The summed E-state index contributed by atoms with van der Waals surface area (Å²) in [6.07, 6.45) is 0.108. The van der Waals surface area contributed by atoms with E-state index in [9.17, 15) is 9.18 Å². The van der Waals surface area contributed by atoms with E-state index >= 15 is 0 Å². The molecule has 0 unspecified atom stereocenters. The molecular weight excluding hydrogens is 321 g/mol. The molecule has 2 rings (SSSR count). The molecule has 4 nitrogen and oxygen atoms in total. The lowest BCUT2D eigenvalue weighted by Gasteiger charge is -2.06. The first-order chi connectivity index (χ1) is 8.54. The van der Waals surface area contributed by atoms with Gasteiger partial charge in [-0.2, -0.15) is 0 Å². The molecule has 0 fully saturated rings. The average molecular weight is 330 g/mol. The number of hydrogen-bond donors (Lipinski definition) is 2. The van der Waals surface area contributed by atoms with Gasteiger partial charge in [-0.3, -0.25) is 4.79 Å². The Morgan fingerprint density at radius 2 is 2.33 bits per heavy atom. The number of nitrogens with zero attached hydrogens (tertiary/aromatic N) is 1. The van der Waals surface area contributed by atoms with Gasteiger partial charge >= 0.3 is 0 Å². The van der Waals surface area contributed by atoms with Gasteiger partial charge in [0.25, 0.3) is 0 Å². The van der Waals surface area contributed by atoms with Crippen molar-refractivity contribution >= 4 is 44.0 Å². The number of nitrogens with two attached hydrogens (primary N) is 1. The van der Waals surface area contributed by atoms with Gasteiger partial charge < -0.3 is 11.1 Å². The highest BCUT2D eigenvalue weighted by molar-refractivity contribution is 9.10. The second-order valence-corrected chi connectivity index (χ2v) is 5.27. The number of rotatable bonds is 3. The Labute approximate surface area is 115 Å². The van der Waals surface area contributed by atoms with Crippen LogP contribution in [0.1, 0.15) is 5.69 Å². The maximum Gasteiger partial charge on any atom is 0.230 e. The molecule has 0 atom stereocenters. The van der Waals surface area contributed by atoms with Crippen LogP contribution in [-0.4, -0.2) is 10.9 Å². The minimum atomic E-state index is -0.411. The van der Waals surface area contributed by atoms with E-state index in [0.717, 1.165) is 0 Å². The maximum absolute atomic E-state index is 13.0. The van der Waals surface area contributed by atoms with Crippen molar-refractivity contribution in [3.63, 3.8) is 0 Å². The number of hydrogen-bond acceptors (Lipinski definition) is 4. The lowest BCUT2D eigenvalue weighted by Crippen LogP contribution is -2.15. The molecule has 0 aliphatic rings. The monoisotopic (exact) mass is 329 g/mol. The van der Waals surface area contributed by atoms with Crippen LogP contribution in [0.4, 0.5) is 15.2 Å². The second kappa shape index (κ2) is 5.45. The number of carbonyl (C=O) groups is 1. The molecule has 0 aliphatic carbocycles. The summed E-state index contributed by atoms with van der Waals surface area (Å²) in [7, 11) is 0. The topological polar surface area (TPSA) is 68.0 Å². The Hall–Kier alpha value is -1.47. The standard InChI is InChI=1S/C11H9BrFN3OS/c12-8-2-1-6(13)3-9(8)16-10(17)4-7-5-18-11(14)15-7/h1-3,5H,4H2,(H2,14,15)(H,16,17). The van der Waals surface area contributed by atoms with Gasteiger partial charge in [0.2, 0.25) is 5.91 Å². The van der Waals surface area contributed by atoms with Crippen LogP contribution in [0.2, 0.25) is 0 Å². The predicted octanol–water partition coefficient (Wildman–Crippen LogP) is 2.81. The molecule has 0 saturated carbocycles. The van der Waals surface area contributed by atoms with Crippen LogP contribution in [0.15, 0.2) is 28.1 Å². The molecule has 0 spiro atoms. The zero-order valence-corrected chi connectivity index (χ0v) is 11.5. The summed E-state index contributed by atoms with van der Waals surface area (Å²) >= 11 is 4.51. The molecule has 0 aliphatic heterocycles. The van der Waals surface area contributed by atoms with Crippen LogP contribution in [0.5, 0.6) is 0 Å². The Morgan fingerprint density at radius 3 is 3.00 bits per heavy atom. The predicted molar refractivity (Wildman–Crippen MR) is 73.0 cm³/mol. The number of nitrogen functional groups attached to an aromatic ring is 1. The molecule has 1 aromatic carbocycles. The molecule has 1 aromatic heterocycles. The van der Waals surface area contributed by atoms with Crippen LogP contribution in [0.3, 0.4) is 0 Å². The van der Waals surface area contributed by atoms with Crippen LogP contribution < -0.4 is 11.1 Å². The fraction of sp³-hybridized carbons (Fsp3) is 0.0909. The molecule has 1 amide bonds. The van der Waals surface area contributed by atoms with Gasteiger partial charge in [0.15, 0.2) is 5.13 Å². The zero-order valence-electron chi connectivity index (χ0n) is 9.11. The van der Waals surface area contributed by atoms with Crippen molar-refractivity contribution in [2.75, 3.05) is 11.1 Å². The molecule has 1 heterocycles. The summed E-state index contributed by atoms with van der Waals surface area (Å²) < 4.78 is 13.6. The summed E-state index contributed by atoms with van der Waals surface area (Å²) in [4.78, 5) is 15.7. The summed E-state index contributed by atoms with van der Waals surface area (Å²) in [5.74, 6) is -0.682. The summed E-state index contributed by atoms with van der Waals surface area (Å²) in [6, 6.07) is 4.09. The third-order valence-electron chi connectivity index (χ3n) is 2.11. The maximum atomic E-state index is 13.0. The quantitative estimate of drug-likeness (QED) is 0.909. The molecule has 0 radical (unpaired) electrons. The van der Waals surface area contributed by atoms with Crippen molar-refractivity contribution < 1.29 is 9.18 Å². The second-order valence-electron chi connectivity index (χ2n) is 3.53. The minimum absolute atomic E-state index is 0.108.